The average molecular weight is 245 g/mol. The first-order chi connectivity index (χ1) is 8.54. The largest absolute Gasteiger partial charge is 0.493 e. The van der Waals surface area contributed by atoms with Crippen LogP contribution in [0.15, 0.2) is 24.4 Å². The molecule has 1 unspecified atom stereocenters. The zero-order chi connectivity index (χ0) is 13.3. The van der Waals surface area contributed by atoms with Crippen molar-refractivity contribution >= 4 is 0 Å². The molecule has 0 bridgehead atoms. The SMILES string of the molecule is COc1cnn(C)c1C(N)c1ccc(C)c(C)c1. The third kappa shape index (κ3) is 2.11. The number of hydrogen-bond acceptors (Lipinski definition) is 3. The van der Waals surface area contributed by atoms with Crippen LogP contribution in [-0.4, -0.2) is 16.9 Å². The number of hydrogen-bond donors (Lipinski definition) is 1. The van der Waals surface area contributed by atoms with Gasteiger partial charge in [0.25, 0.3) is 0 Å². The number of nitrogens with zero attached hydrogens (tertiary/aromatic N) is 2. The third-order valence-corrected chi connectivity index (χ3v) is 3.35. The van der Waals surface area contributed by atoms with Crippen LogP contribution in [0.5, 0.6) is 5.75 Å². The van der Waals surface area contributed by atoms with Crippen molar-refractivity contribution in [3.63, 3.8) is 0 Å². The van der Waals surface area contributed by atoms with E-state index in [2.05, 4.69) is 37.1 Å². The molecule has 0 radical (unpaired) electrons. The van der Waals surface area contributed by atoms with Crippen LogP contribution in [0, 0.1) is 13.8 Å². The lowest BCUT2D eigenvalue weighted by atomic mass is 9.99. The van der Waals surface area contributed by atoms with Crippen LogP contribution in [0.3, 0.4) is 0 Å². The predicted molar refractivity (Wildman–Crippen MR) is 71.7 cm³/mol. The first-order valence-corrected chi connectivity index (χ1v) is 5.93. The molecule has 0 aliphatic carbocycles. The fourth-order valence-corrected chi connectivity index (χ4v) is 2.05. The Morgan fingerprint density at radius 3 is 2.61 bits per heavy atom. The van der Waals surface area contributed by atoms with Crippen molar-refractivity contribution in [3.8, 4) is 5.75 Å². The summed E-state index contributed by atoms with van der Waals surface area (Å²) < 4.78 is 7.06. The zero-order valence-corrected chi connectivity index (χ0v) is 11.3. The molecular weight excluding hydrogens is 226 g/mol. The normalized spacial score (nSPS) is 12.5. The summed E-state index contributed by atoms with van der Waals surface area (Å²) in [5.41, 5.74) is 10.8. The van der Waals surface area contributed by atoms with Gasteiger partial charge < -0.3 is 10.5 Å². The van der Waals surface area contributed by atoms with E-state index in [-0.39, 0.29) is 6.04 Å². The smallest absolute Gasteiger partial charge is 0.161 e. The number of methoxy groups -OCH3 is 1. The maximum atomic E-state index is 6.32. The van der Waals surface area contributed by atoms with Crippen LogP contribution in [0.2, 0.25) is 0 Å². The molecule has 2 N–H and O–H groups in total. The van der Waals surface area contributed by atoms with E-state index in [9.17, 15) is 0 Å². The van der Waals surface area contributed by atoms with Gasteiger partial charge in [0.05, 0.1) is 19.3 Å². The molecule has 18 heavy (non-hydrogen) atoms. The Balaban J connectivity index is 2.44. The number of benzene rings is 1. The van der Waals surface area contributed by atoms with Gasteiger partial charge in [-0.2, -0.15) is 5.10 Å². The van der Waals surface area contributed by atoms with Gasteiger partial charge in [-0.1, -0.05) is 18.2 Å². The van der Waals surface area contributed by atoms with Crippen LogP contribution >= 0.6 is 0 Å². The Morgan fingerprint density at radius 1 is 1.28 bits per heavy atom. The lowest BCUT2D eigenvalue weighted by molar-refractivity contribution is 0.406. The van der Waals surface area contributed by atoms with Gasteiger partial charge in [0.15, 0.2) is 5.75 Å². The molecule has 4 heteroatoms. The molecule has 1 aromatic carbocycles. The summed E-state index contributed by atoms with van der Waals surface area (Å²) in [4.78, 5) is 0. The fraction of sp³-hybridized carbons (Fsp3) is 0.357. The van der Waals surface area contributed by atoms with Crippen LogP contribution in [0.1, 0.15) is 28.4 Å². The molecule has 0 saturated heterocycles. The molecule has 2 aromatic rings. The van der Waals surface area contributed by atoms with Crippen LogP contribution in [0.4, 0.5) is 0 Å². The summed E-state index contributed by atoms with van der Waals surface area (Å²) in [6.07, 6.45) is 1.69. The fourth-order valence-electron chi connectivity index (χ4n) is 2.05. The van der Waals surface area contributed by atoms with Gasteiger partial charge in [-0.3, -0.25) is 4.68 Å². The molecule has 0 aliphatic rings. The highest BCUT2D eigenvalue weighted by atomic mass is 16.5. The topological polar surface area (TPSA) is 53.1 Å². The van der Waals surface area contributed by atoms with Crippen molar-refractivity contribution in [1.82, 2.24) is 9.78 Å². The van der Waals surface area contributed by atoms with Crippen molar-refractivity contribution in [1.29, 1.82) is 0 Å². The van der Waals surface area contributed by atoms with E-state index in [1.54, 1.807) is 18.0 Å². The van der Waals surface area contributed by atoms with Gasteiger partial charge in [0.2, 0.25) is 0 Å². The maximum absolute atomic E-state index is 6.32. The second kappa shape index (κ2) is 4.82. The van der Waals surface area contributed by atoms with Gasteiger partial charge in [-0.05, 0) is 30.5 Å². The van der Waals surface area contributed by atoms with Gasteiger partial charge in [-0.25, -0.2) is 0 Å². The molecule has 0 aliphatic heterocycles. The molecule has 4 nitrogen and oxygen atoms in total. The second-order valence-corrected chi connectivity index (χ2v) is 4.54. The molecule has 2 rings (SSSR count). The highest BCUT2D eigenvalue weighted by Crippen LogP contribution is 2.28. The molecule has 1 aromatic heterocycles. The minimum absolute atomic E-state index is 0.230. The van der Waals surface area contributed by atoms with E-state index in [4.69, 9.17) is 10.5 Å². The van der Waals surface area contributed by atoms with Crippen molar-refractivity contribution in [2.24, 2.45) is 12.8 Å². The van der Waals surface area contributed by atoms with Gasteiger partial charge >= 0.3 is 0 Å². The summed E-state index contributed by atoms with van der Waals surface area (Å²) in [7, 11) is 3.51. The number of rotatable bonds is 3. The van der Waals surface area contributed by atoms with E-state index in [1.807, 2.05) is 7.05 Å². The lowest BCUT2D eigenvalue weighted by Gasteiger charge is -2.15. The van der Waals surface area contributed by atoms with E-state index in [0.29, 0.717) is 0 Å². The summed E-state index contributed by atoms with van der Waals surface area (Å²) in [5, 5.41) is 4.19. The van der Waals surface area contributed by atoms with Crippen molar-refractivity contribution < 1.29 is 4.74 Å². The Kier molecular flexibility index (Phi) is 3.39. The van der Waals surface area contributed by atoms with E-state index in [1.165, 1.54) is 11.1 Å². The second-order valence-electron chi connectivity index (χ2n) is 4.54. The Labute approximate surface area is 107 Å². The van der Waals surface area contributed by atoms with E-state index < -0.39 is 0 Å². The monoisotopic (exact) mass is 245 g/mol. The molecule has 96 valence electrons. The summed E-state index contributed by atoms with van der Waals surface area (Å²) in [6, 6.07) is 6.03. The summed E-state index contributed by atoms with van der Waals surface area (Å²) >= 11 is 0. The van der Waals surface area contributed by atoms with Crippen molar-refractivity contribution in [3.05, 3.63) is 46.8 Å². The van der Waals surface area contributed by atoms with Crippen LogP contribution in [0.25, 0.3) is 0 Å². The van der Waals surface area contributed by atoms with E-state index >= 15 is 0 Å². The minimum atomic E-state index is -0.230. The number of ether oxygens (including phenoxy) is 1. The Bertz CT molecular complexity index is 560. The molecule has 1 heterocycles. The highest BCUT2D eigenvalue weighted by Gasteiger charge is 2.18. The first-order valence-electron chi connectivity index (χ1n) is 5.93. The molecular formula is C14H19N3O. The quantitative estimate of drug-likeness (QED) is 0.901. The Morgan fingerprint density at radius 2 is 2.00 bits per heavy atom. The number of nitrogens with two attached hydrogens (primary N) is 1. The predicted octanol–water partition coefficient (Wildman–Crippen LogP) is 2.09. The van der Waals surface area contributed by atoms with E-state index in [0.717, 1.165) is 17.0 Å². The van der Waals surface area contributed by atoms with Crippen LogP contribution < -0.4 is 10.5 Å². The molecule has 0 spiro atoms. The van der Waals surface area contributed by atoms with Gasteiger partial charge in [-0.15, -0.1) is 0 Å². The first kappa shape index (κ1) is 12.6. The van der Waals surface area contributed by atoms with Gasteiger partial charge in [0.1, 0.15) is 5.69 Å². The third-order valence-electron chi connectivity index (χ3n) is 3.35. The van der Waals surface area contributed by atoms with Gasteiger partial charge in [0, 0.05) is 7.05 Å². The molecule has 0 amide bonds. The summed E-state index contributed by atoms with van der Waals surface area (Å²) in [6.45, 7) is 4.18. The van der Waals surface area contributed by atoms with Crippen molar-refractivity contribution in [2.75, 3.05) is 7.11 Å². The number of aryl methyl sites for hydroxylation is 3. The standard InChI is InChI=1S/C14H19N3O/c1-9-5-6-11(7-10(9)2)13(15)14-12(18-4)8-16-17(14)3/h5-8,13H,15H2,1-4H3. The Hall–Kier alpha value is -1.81. The zero-order valence-electron chi connectivity index (χ0n) is 11.3. The molecule has 0 fully saturated rings. The maximum Gasteiger partial charge on any atom is 0.161 e. The highest BCUT2D eigenvalue weighted by molar-refractivity contribution is 5.39. The van der Waals surface area contributed by atoms with Crippen molar-refractivity contribution in [2.45, 2.75) is 19.9 Å². The minimum Gasteiger partial charge on any atom is -0.493 e. The average Bonchev–Trinajstić information content (AvgIpc) is 2.73. The summed E-state index contributed by atoms with van der Waals surface area (Å²) in [5.74, 6) is 0.725. The molecule has 1 atom stereocenters. The van der Waals surface area contributed by atoms with Crippen LogP contribution in [-0.2, 0) is 7.05 Å². The lowest BCUT2D eigenvalue weighted by Crippen LogP contribution is -2.17. The number of aromatic nitrogens is 2. The molecule has 0 saturated carbocycles.